The van der Waals surface area contributed by atoms with Gasteiger partial charge in [0.2, 0.25) is 11.8 Å². The molecule has 118 valence electrons. The molecule has 0 aromatic carbocycles. The topological polar surface area (TPSA) is 61.4 Å². The lowest BCUT2D eigenvalue weighted by molar-refractivity contribution is -0.144. The molecular weight excluding hydrogens is 298 g/mol. The van der Waals surface area contributed by atoms with Gasteiger partial charge in [-0.2, -0.15) is 0 Å². The number of halogens is 1. The molecule has 1 heterocycles. The Labute approximate surface area is 132 Å². The summed E-state index contributed by atoms with van der Waals surface area (Å²) in [7, 11) is 1.86. The van der Waals surface area contributed by atoms with Crippen LogP contribution in [0, 0.1) is 5.41 Å². The van der Waals surface area contributed by atoms with E-state index in [1.54, 1.807) is 16.7 Å². The highest BCUT2D eigenvalue weighted by Gasteiger charge is 2.38. The van der Waals surface area contributed by atoms with E-state index in [1.807, 2.05) is 34.7 Å². The molecule has 2 atom stereocenters. The van der Waals surface area contributed by atoms with Gasteiger partial charge in [0, 0.05) is 23.8 Å². The normalized spacial score (nSPS) is 20.2. The Kier molecular flexibility index (Phi) is 7.91. The summed E-state index contributed by atoms with van der Waals surface area (Å²) in [5, 5.41) is 5.97. The van der Waals surface area contributed by atoms with Crippen molar-refractivity contribution in [2.75, 3.05) is 25.2 Å². The molecule has 1 aliphatic rings. The fourth-order valence-electron chi connectivity index (χ4n) is 1.76. The molecule has 0 saturated carbocycles. The molecule has 7 heteroatoms. The van der Waals surface area contributed by atoms with Gasteiger partial charge in [-0.25, -0.2) is 0 Å². The van der Waals surface area contributed by atoms with E-state index in [0.717, 1.165) is 0 Å². The van der Waals surface area contributed by atoms with Crippen molar-refractivity contribution in [3.05, 3.63) is 0 Å². The Morgan fingerprint density at radius 2 is 2.00 bits per heavy atom. The van der Waals surface area contributed by atoms with Crippen molar-refractivity contribution in [3.8, 4) is 0 Å². The van der Waals surface area contributed by atoms with Gasteiger partial charge in [-0.1, -0.05) is 20.8 Å². The highest BCUT2D eigenvalue weighted by atomic mass is 35.5. The number of nitrogens with one attached hydrogen (secondary N) is 2. The number of hydrogen-bond donors (Lipinski definition) is 2. The summed E-state index contributed by atoms with van der Waals surface area (Å²) >= 11 is 1.63. The lowest BCUT2D eigenvalue weighted by Crippen LogP contribution is -2.51. The zero-order valence-electron chi connectivity index (χ0n) is 12.9. The van der Waals surface area contributed by atoms with E-state index in [-0.39, 0.29) is 36.3 Å². The van der Waals surface area contributed by atoms with Gasteiger partial charge in [0.1, 0.15) is 6.04 Å². The quantitative estimate of drug-likeness (QED) is 0.813. The summed E-state index contributed by atoms with van der Waals surface area (Å²) in [5.74, 6) is 1.28. The fourth-order valence-corrected chi connectivity index (χ4v) is 2.92. The molecule has 0 radical (unpaired) electrons. The molecule has 0 aromatic heterocycles. The first kappa shape index (κ1) is 19.5. The first-order chi connectivity index (χ1) is 8.77. The molecule has 1 rings (SSSR count). The minimum Gasteiger partial charge on any atom is -0.353 e. The van der Waals surface area contributed by atoms with Crippen LogP contribution in [-0.4, -0.2) is 54.0 Å². The van der Waals surface area contributed by atoms with Crippen LogP contribution in [-0.2, 0) is 9.59 Å². The van der Waals surface area contributed by atoms with Gasteiger partial charge >= 0.3 is 0 Å². The maximum atomic E-state index is 12.3. The Morgan fingerprint density at radius 1 is 1.40 bits per heavy atom. The average Bonchev–Trinajstić information content (AvgIpc) is 2.82. The Hall–Kier alpha value is -0.460. The van der Waals surface area contributed by atoms with E-state index in [9.17, 15) is 9.59 Å². The molecule has 1 fully saturated rings. The van der Waals surface area contributed by atoms with E-state index < -0.39 is 5.41 Å². The third kappa shape index (κ3) is 5.14. The van der Waals surface area contributed by atoms with Gasteiger partial charge in [-0.05, 0) is 14.0 Å². The summed E-state index contributed by atoms with van der Waals surface area (Å²) in [6, 6.07) is -0.106. The third-order valence-electron chi connectivity index (χ3n) is 3.16. The monoisotopic (exact) mass is 323 g/mol. The van der Waals surface area contributed by atoms with Gasteiger partial charge in [-0.15, -0.1) is 24.2 Å². The van der Waals surface area contributed by atoms with Crippen molar-refractivity contribution in [1.82, 2.24) is 15.5 Å². The first-order valence-electron chi connectivity index (χ1n) is 6.61. The summed E-state index contributed by atoms with van der Waals surface area (Å²) in [6.45, 7) is 8.24. The third-order valence-corrected chi connectivity index (χ3v) is 4.17. The van der Waals surface area contributed by atoms with Crippen LogP contribution in [0.3, 0.4) is 0 Å². The van der Waals surface area contributed by atoms with E-state index in [2.05, 4.69) is 10.6 Å². The molecule has 5 nitrogen and oxygen atoms in total. The number of carbonyl (C=O) groups is 2. The van der Waals surface area contributed by atoms with Crippen LogP contribution in [0.4, 0.5) is 0 Å². The molecule has 2 amide bonds. The predicted octanol–water partition coefficient (Wildman–Crippen LogP) is 1.08. The van der Waals surface area contributed by atoms with Crippen LogP contribution in [0.1, 0.15) is 27.7 Å². The minimum atomic E-state index is -0.443. The molecule has 0 aliphatic carbocycles. The Bertz CT molecular complexity index is 347. The maximum absolute atomic E-state index is 12.3. The van der Waals surface area contributed by atoms with Crippen molar-refractivity contribution in [1.29, 1.82) is 0 Å². The number of carbonyl (C=O) groups excluding carboxylic acids is 2. The van der Waals surface area contributed by atoms with Crippen LogP contribution in [0.25, 0.3) is 0 Å². The number of thioether (sulfide) groups is 1. The van der Waals surface area contributed by atoms with Gasteiger partial charge in [-0.3, -0.25) is 9.59 Å². The Balaban J connectivity index is 0.00000361. The van der Waals surface area contributed by atoms with Crippen molar-refractivity contribution in [3.63, 3.8) is 0 Å². The van der Waals surface area contributed by atoms with E-state index in [1.165, 1.54) is 0 Å². The second-order valence-corrected chi connectivity index (χ2v) is 6.98. The van der Waals surface area contributed by atoms with Crippen LogP contribution in [0.2, 0.25) is 0 Å². The summed E-state index contributed by atoms with van der Waals surface area (Å²) < 4.78 is 0. The van der Waals surface area contributed by atoms with Crippen molar-refractivity contribution >= 4 is 36.0 Å². The SMILES string of the molecule is CNC(C)CNC(=O)C1CSCN1C(=O)C(C)(C)C.Cl. The van der Waals surface area contributed by atoms with Gasteiger partial charge in [0.05, 0.1) is 5.88 Å². The number of hydrogen-bond acceptors (Lipinski definition) is 4. The predicted molar refractivity (Wildman–Crippen MR) is 86.2 cm³/mol. The van der Waals surface area contributed by atoms with Crippen LogP contribution >= 0.6 is 24.2 Å². The van der Waals surface area contributed by atoms with Crippen molar-refractivity contribution in [2.45, 2.75) is 39.8 Å². The number of nitrogens with zero attached hydrogens (tertiary/aromatic N) is 1. The van der Waals surface area contributed by atoms with E-state index >= 15 is 0 Å². The van der Waals surface area contributed by atoms with E-state index in [0.29, 0.717) is 18.2 Å². The molecule has 2 N–H and O–H groups in total. The van der Waals surface area contributed by atoms with Crippen LogP contribution in [0.5, 0.6) is 0 Å². The summed E-state index contributed by atoms with van der Waals surface area (Å²) in [6.07, 6.45) is 0. The standard InChI is InChI=1S/C13H25N3O2S.ClH/c1-9(14-5)6-15-11(17)10-7-19-8-16(10)12(18)13(2,3)4;/h9-10,14H,6-8H2,1-5H3,(H,15,17);1H. The van der Waals surface area contributed by atoms with Gasteiger partial charge in [0.15, 0.2) is 0 Å². The smallest absolute Gasteiger partial charge is 0.243 e. The lowest BCUT2D eigenvalue weighted by Gasteiger charge is -2.29. The highest BCUT2D eigenvalue weighted by molar-refractivity contribution is 7.99. The van der Waals surface area contributed by atoms with Crippen LogP contribution in [0.15, 0.2) is 0 Å². The summed E-state index contributed by atoms with van der Waals surface area (Å²) in [5.41, 5.74) is -0.443. The molecule has 20 heavy (non-hydrogen) atoms. The van der Waals surface area contributed by atoms with Gasteiger partial charge in [0.25, 0.3) is 0 Å². The first-order valence-corrected chi connectivity index (χ1v) is 7.76. The van der Waals surface area contributed by atoms with Gasteiger partial charge < -0.3 is 15.5 Å². The molecule has 0 bridgehead atoms. The second kappa shape index (κ2) is 8.10. The maximum Gasteiger partial charge on any atom is 0.243 e. The molecular formula is C13H26ClN3O2S. The summed E-state index contributed by atoms with van der Waals surface area (Å²) in [4.78, 5) is 26.2. The zero-order chi connectivity index (χ0) is 14.6. The van der Waals surface area contributed by atoms with Crippen LogP contribution < -0.4 is 10.6 Å². The number of amides is 2. The fraction of sp³-hybridized carbons (Fsp3) is 0.846. The average molecular weight is 324 g/mol. The number of rotatable bonds is 4. The van der Waals surface area contributed by atoms with Crippen molar-refractivity contribution < 1.29 is 9.59 Å². The number of likely N-dealkylation sites (N-methyl/N-ethyl adjacent to an activating group) is 1. The minimum absolute atomic E-state index is 0. The van der Waals surface area contributed by atoms with Crippen molar-refractivity contribution in [2.24, 2.45) is 5.41 Å². The molecule has 1 saturated heterocycles. The molecule has 0 aromatic rings. The molecule has 1 aliphatic heterocycles. The largest absolute Gasteiger partial charge is 0.353 e. The zero-order valence-corrected chi connectivity index (χ0v) is 14.5. The second-order valence-electron chi connectivity index (χ2n) is 5.98. The highest BCUT2D eigenvalue weighted by Crippen LogP contribution is 2.27. The molecule has 0 spiro atoms. The Morgan fingerprint density at radius 3 is 2.50 bits per heavy atom. The molecule has 2 unspecified atom stereocenters. The van der Waals surface area contributed by atoms with E-state index in [4.69, 9.17) is 0 Å². The lowest BCUT2D eigenvalue weighted by atomic mass is 9.94.